The molecule has 0 saturated carbocycles. The van der Waals surface area contributed by atoms with Gasteiger partial charge in [-0.3, -0.25) is 0 Å². The second-order valence-corrected chi connectivity index (χ2v) is 4.60. The highest BCUT2D eigenvalue weighted by Gasteiger charge is 2.11. The molecule has 0 N–H and O–H groups in total. The zero-order valence-electron chi connectivity index (χ0n) is 8.66. The van der Waals surface area contributed by atoms with E-state index in [1.54, 1.807) is 16.8 Å². The molecule has 6 nitrogen and oxygen atoms in total. The van der Waals surface area contributed by atoms with Crippen LogP contribution in [0.5, 0.6) is 0 Å². The molecule has 0 aliphatic rings. The molecule has 86 valence electrons. The van der Waals surface area contributed by atoms with Crippen molar-refractivity contribution in [3.8, 4) is 0 Å². The molecular formula is C9H6ClN5OS. The van der Waals surface area contributed by atoms with E-state index in [-0.39, 0.29) is 0 Å². The fraction of sp³-hybridized carbons (Fsp3) is 0.111. The van der Waals surface area contributed by atoms with Crippen LogP contribution in [0, 0.1) is 6.92 Å². The lowest BCUT2D eigenvalue weighted by atomic mass is 10.6. The molecule has 17 heavy (non-hydrogen) atoms. The van der Waals surface area contributed by atoms with Crippen LogP contribution in [-0.2, 0) is 0 Å². The molecule has 0 aromatic carbocycles. The maximum Gasteiger partial charge on any atom is 0.262 e. The smallest absolute Gasteiger partial charge is 0.262 e. The molecule has 0 spiro atoms. The van der Waals surface area contributed by atoms with Gasteiger partial charge >= 0.3 is 0 Å². The number of rotatable bonds is 2. The zero-order chi connectivity index (χ0) is 11.8. The lowest BCUT2D eigenvalue weighted by Gasteiger charge is -2.00. The summed E-state index contributed by atoms with van der Waals surface area (Å²) in [4.78, 5) is 12.2. The van der Waals surface area contributed by atoms with Crippen LogP contribution in [-0.4, -0.2) is 24.6 Å². The second-order valence-electron chi connectivity index (χ2n) is 3.25. The van der Waals surface area contributed by atoms with Crippen molar-refractivity contribution in [1.29, 1.82) is 0 Å². The average molecular weight is 268 g/mol. The molecule has 0 amide bonds. The van der Waals surface area contributed by atoms with E-state index < -0.39 is 0 Å². The molecule has 0 aliphatic carbocycles. The van der Waals surface area contributed by atoms with Crippen molar-refractivity contribution in [3.05, 3.63) is 29.5 Å². The van der Waals surface area contributed by atoms with Gasteiger partial charge in [0.1, 0.15) is 22.8 Å². The third-order valence-electron chi connectivity index (χ3n) is 1.98. The Bertz CT molecular complexity index is 679. The summed E-state index contributed by atoms with van der Waals surface area (Å²) in [6, 6.07) is 1.69. The number of oxazole rings is 1. The SMILES string of the molecule is Cc1coc(Sc2cc(Cl)nc3ncnn23)n1. The largest absolute Gasteiger partial charge is 0.439 e. The van der Waals surface area contributed by atoms with Gasteiger partial charge in [-0.1, -0.05) is 11.6 Å². The molecule has 0 fully saturated rings. The van der Waals surface area contributed by atoms with Gasteiger partial charge in [0.15, 0.2) is 0 Å². The average Bonchev–Trinajstić information content (AvgIpc) is 2.87. The van der Waals surface area contributed by atoms with Gasteiger partial charge in [0, 0.05) is 6.07 Å². The highest BCUT2D eigenvalue weighted by molar-refractivity contribution is 7.99. The third-order valence-corrected chi connectivity index (χ3v) is 3.03. The Kier molecular flexibility index (Phi) is 2.49. The maximum absolute atomic E-state index is 5.90. The molecule has 0 unspecified atom stereocenters. The second kappa shape index (κ2) is 4.01. The van der Waals surface area contributed by atoms with Crippen LogP contribution < -0.4 is 0 Å². The Morgan fingerprint density at radius 1 is 1.41 bits per heavy atom. The standard InChI is InChI=1S/C9H6ClN5OS/c1-5-3-16-9(13-5)17-7-2-6(10)14-8-11-4-12-15(7)8/h2-4H,1H3. The van der Waals surface area contributed by atoms with Crippen molar-refractivity contribution in [2.45, 2.75) is 17.2 Å². The van der Waals surface area contributed by atoms with Gasteiger partial charge in [-0.25, -0.2) is 4.98 Å². The summed E-state index contributed by atoms with van der Waals surface area (Å²) in [5, 5.41) is 5.69. The number of halogens is 1. The van der Waals surface area contributed by atoms with Crippen LogP contribution in [0.15, 0.2) is 33.3 Å². The molecule has 3 heterocycles. The molecular weight excluding hydrogens is 262 g/mol. The zero-order valence-corrected chi connectivity index (χ0v) is 10.2. The normalized spacial score (nSPS) is 11.2. The molecule has 3 aromatic heterocycles. The molecule has 3 aromatic rings. The van der Waals surface area contributed by atoms with Crippen LogP contribution in [0.2, 0.25) is 5.15 Å². The van der Waals surface area contributed by atoms with Gasteiger partial charge in [0.25, 0.3) is 11.0 Å². The first kappa shape index (κ1) is 10.5. The van der Waals surface area contributed by atoms with Gasteiger partial charge in [0.2, 0.25) is 0 Å². The van der Waals surface area contributed by atoms with E-state index in [9.17, 15) is 0 Å². The van der Waals surface area contributed by atoms with Crippen LogP contribution in [0.3, 0.4) is 0 Å². The van der Waals surface area contributed by atoms with Crippen molar-refractivity contribution in [2.24, 2.45) is 0 Å². The van der Waals surface area contributed by atoms with Crippen molar-refractivity contribution < 1.29 is 4.42 Å². The van der Waals surface area contributed by atoms with Crippen molar-refractivity contribution in [2.75, 3.05) is 0 Å². The summed E-state index contributed by atoms with van der Waals surface area (Å²) < 4.78 is 6.84. The molecule has 0 atom stereocenters. The topological polar surface area (TPSA) is 69.1 Å². The number of hydrogen-bond donors (Lipinski definition) is 0. The Balaban J connectivity index is 2.07. The number of aryl methyl sites for hydroxylation is 1. The van der Waals surface area contributed by atoms with Crippen LogP contribution in [0.4, 0.5) is 0 Å². The predicted molar refractivity (Wildman–Crippen MR) is 61.2 cm³/mol. The highest BCUT2D eigenvalue weighted by atomic mass is 35.5. The highest BCUT2D eigenvalue weighted by Crippen LogP contribution is 2.28. The van der Waals surface area contributed by atoms with Crippen LogP contribution in [0.25, 0.3) is 5.78 Å². The summed E-state index contributed by atoms with van der Waals surface area (Å²) in [6.07, 6.45) is 3.01. The van der Waals surface area contributed by atoms with E-state index in [1.807, 2.05) is 6.92 Å². The summed E-state index contributed by atoms with van der Waals surface area (Å²) in [7, 11) is 0. The minimum atomic E-state index is 0.358. The third kappa shape index (κ3) is 1.98. The van der Waals surface area contributed by atoms with Crippen LogP contribution >= 0.6 is 23.4 Å². The lowest BCUT2D eigenvalue weighted by Crippen LogP contribution is -1.95. The minimum absolute atomic E-state index is 0.358. The first-order valence-corrected chi connectivity index (χ1v) is 5.88. The molecule has 0 radical (unpaired) electrons. The first-order chi connectivity index (χ1) is 8.22. The van der Waals surface area contributed by atoms with Crippen molar-refractivity contribution in [1.82, 2.24) is 24.6 Å². The summed E-state index contributed by atoms with van der Waals surface area (Å²) in [6.45, 7) is 1.86. The Morgan fingerprint density at radius 3 is 3.06 bits per heavy atom. The van der Waals surface area contributed by atoms with Gasteiger partial charge in [-0.2, -0.15) is 19.6 Å². The molecule has 0 aliphatic heterocycles. The Labute approximate surface area is 105 Å². The van der Waals surface area contributed by atoms with E-state index in [0.29, 0.717) is 16.2 Å². The van der Waals surface area contributed by atoms with E-state index in [4.69, 9.17) is 16.0 Å². The van der Waals surface area contributed by atoms with E-state index in [2.05, 4.69) is 20.1 Å². The van der Waals surface area contributed by atoms with Crippen molar-refractivity contribution in [3.63, 3.8) is 0 Å². The molecule has 0 bridgehead atoms. The van der Waals surface area contributed by atoms with E-state index >= 15 is 0 Å². The minimum Gasteiger partial charge on any atom is -0.439 e. The number of hydrogen-bond acceptors (Lipinski definition) is 6. The van der Waals surface area contributed by atoms with Gasteiger partial charge in [0.05, 0.1) is 5.69 Å². The lowest BCUT2D eigenvalue weighted by molar-refractivity contribution is 0.453. The van der Waals surface area contributed by atoms with Crippen LogP contribution in [0.1, 0.15) is 5.69 Å². The van der Waals surface area contributed by atoms with E-state index in [1.165, 1.54) is 18.1 Å². The summed E-state index contributed by atoms with van der Waals surface area (Å²) >= 11 is 7.21. The summed E-state index contributed by atoms with van der Waals surface area (Å²) in [5.74, 6) is 0.447. The summed E-state index contributed by atoms with van der Waals surface area (Å²) in [5.41, 5.74) is 0.822. The van der Waals surface area contributed by atoms with Gasteiger partial charge < -0.3 is 4.42 Å². The predicted octanol–water partition coefficient (Wildman–Crippen LogP) is 2.23. The fourth-order valence-corrected chi connectivity index (χ4v) is 2.39. The number of fused-ring (bicyclic) bond motifs is 1. The quantitative estimate of drug-likeness (QED) is 0.663. The molecule has 8 heteroatoms. The number of aromatic nitrogens is 5. The molecule has 0 saturated heterocycles. The molecule has 3 rings (SSSR count). The Hall–Kier alpha value is -1.60. The monoisotopic (exact) mass is 267 g/mol. The van der Waals surface area contributed by atoms with Gasteiger partial charge in [-0.05, 0) is 18.7 Å². The van der Waals surface area contributed by atoms with E-state index in [0.717, 1.165) is 10.7 Å². The maximum atomic E-state index is 5.90. The first-order valence-electron chi connectivity index (χ1n) is 4.68. The fourth-order valence-electron chi connectivity index (χ4n) is 1.30. The van der Waals surface area contributed by atoms with Crippen molar-refractivity contribution >= 4 is 29.1 Å². The van der Waals surface area contributed by atoms with Gasteiger partial charge in [-0.15, -0.1) is 0 Å². The Morgan fingerprint density at radius 2 is 2.29 bits per heavy atom. The number of nitrogens with zero attached hydrogens (tertiary/aromatic N) is 5.